The summed E-state index contributed by atoms with van der Waals surface area (Å²) in [6.07, 6.45) is 2.80. The Bertz CT molecular complexity index is 294. The van der Waals surface area contributed by atoms with Crippen molar-refractivity contribution in [1.29, 1.82) is 0 Å². The fourth-order valence-electron chi connectivity index (χ4n) is 2.39. The summed E-state index contributed by atoms with van der Waals surface area (Å²) < 4.78 is 5.45. The zero-order valence-electron chi connectivity index (χ0n) is 12.3. The Morgan fingerprint density at radius 1 is 1.28 bits per heavy atom. The topological polar surface area (TPSA) is 49.8 Å². The Hall–Kier alpha value is -0.770. The molecule has 0 saturated carbocycles. The van der Waals surface area contributed by atoms with Crippen LogP contribution in [0.3, 0.4) is 0 Å². The van der Waals surface area contributed by atoms with E-state index < -0.39 is 5.60 Å². The molecule has 0 bridgehead atoms. The maximum atomic E-state index is 12.2. The summed E-state index contributed by atoms with van der Waals surface area (Å²) in [5, 5.41) is 9.50. The lowest BCUT2D eigenvalue weighted by molar-refractivity contribution is -0.0212. The minimum atomic E-state index is -0.470. The van der Waals surface area contributed by atoms with Crippen molar-refractivity contribution in [2.24, 2.45) is 5.41 Å². The summed E-state index contributed by atoms with van der Waals surface area (Å²) in [5.41, 5.74) is -0.750. The number of amides is 1. The molecule has 1 aliphatic rings. The molecule has 1 heterocycles. The first-order valence-electron chi connectivity index (χ1n) is 6.78. The monoisotopic (exact) mass is 257 g/mol. The van der Waals surface area contributed by atoms with Gasteiger partial charge in [-0.25, -0.2) is 4.79 Å². The molecule has 1 N–H and O–H groups in total. The molecule has 1 fully saturated rings. The van der Waals surface area contributed by atoms with E-state index in [0.717, 1.165) is 25.8 Å². The summed E-state index contributed by atoms with van der Waals surface area (Å²) in [4.78, 5) is 14.0. The summed E-state index contributed by atoms with van der Waals surface area (Å²) in [6.45, 7) is 10.4. The number of aliphatic hydroxyl groups excluding tert-OH is 1. The minimum absolute atomic E-state index is 0.0612. The summed E-state index contributed by atoms with van der Waals surface area (Å²) in [7, 11) is 0. The quantitative estimate of drug-likeness (QED) is 0.827. The van der Waals surface area contributed by atoms with Gasteiger partial charge in [0.2, 0.25) is 0 Å². The van der Waals surface area contributed by atoms with Crippen LogP contribution in [0.5, 0.6) is 0 Å². The van der Waals surface area contributed by atoms with Gasteiger partial charge in [-0.15, -0.1) is 0 Å². The molecule has 1 saturated heterocycles. The number of carbonyl (C=O) groups is 1. The first-order chi connectivity index (χ1) is 8.17. The van der Waals surface area contributed by atoms with E-state index in [2.05, 4.69) is 0 Å². The number of piperidine rings is 1. The van der Waals surface area contributed by atoms with Crippen LogP contribution in [-0.2, 0) is 4.74 Å². The molecule has 1 rings (SSSR count). The highest BCUT2D eigenvalue weighted by molar-refractivity contribution is 5.68. The standard InChI is InChI=1S/C14H27NO3/c1-13(2,3)18-12(17)15-9-7-6-8-11(15)14(4,5)10-16/h11,16H,6-10H2,1-5H3. The van der Waals surface area contributed by atoms with Crippen molar-refractivity contribution in [2.75, 3.05) is 13.2 Å². The maximum absolute atomic E-state index is 12.2. The fraction of sp³-hybridized carbons (Fsp3) is 0.929. The van der Waals surface area contributed by atoms with Crippen LogP contribution in [0, 0.1) is 5.41 Å². The number of ether oxygens (including phenoxy) is 1. The van der Waals surface area contributed by atoms with Crippen molar-refractivity contribution >= 4 is 6.09 Å². The van der Waals surface area contributed by atoms with Crippen molar-refractivity contribution in [3.63, 3.8) is 0 Å². The first kappa shape index (κ1) is 15.3. The molecule has 18 heavy (non-hydrogen) atoms. The Morgan fingerprint density at radius 3 is 2.39 bits per heavy atom. The molecule has 0 aromatic heterocycles. The van der Waals surface area contributed by atoms with Crippen LogP contribution in [0.4, 0.5) is 4.79 Å². The second kappa shape index (κ2) is 5.47. The number of rotatable bonds is 2. The SMILES string of the molecule is CC(C)(C)OC(=O)N1CCCCC1C(C)(C)CO. The normalized spacial score (nSPS) is 21.9. The van der Waals surface area contributed by atoms with E-state index >= 15 is 0 Å². The van der Waals surface area contributed by atoms with E-state index in [1.807, 2.05) is 34.6 Å². The van der Waals surface area contributed by atoms with Gasteiger partial charge in [-0.3, -0.25) is 0 Å². The molecule has 0 spiro atoms. The molecule has 4 heteroatoms. The molecular weight excluding hydrogens is 230 g/mol. The van der Waals surface area contributed by atoms with E-state index in [-0.39, 0.29) is 24.2 Å². The number of hydrogen-bond acceptors (Lipinski definition) is 3. The van der Waals surface area contributed by atoms with Gasteiger partial charge in [0.1, 0.15) is 5.60 Å². The Morgan fingerprint density at radius 2 is 1.89 bits per heavy atom. The smallest absolute Gasteiger partial charge is 0.410 e. The zero-order chi connectivity index (χ0) is 14.0. The molecule has 0 aromatic rings. The van der Waals surface area contributed by atoms with Gasteiger partial charge in [0, 0.05) is 18.0 Å². The van der Waals surface area contributed by atoms with Gasteiger partial charge in [0.25, 0.3) is 0 Å². The van der Waals surface area contributed by atoms with Crippen LogP contribution in [0.2, 0.25) is 0 Å². The second-order valence-electron chi connectivity index (χ2n) is 6.83. The molecule has 1 amide bonds. The lowest BCUT2D eigenvalue weighted by Crippen LogP contribution is -2.53. The third-order valence-corrected chi connectivity index (χ3v) is 3.44. The maximum Gasteiger partial charge on any atom is 0.410 e. The summed E-state index contributed by atoms with van der Waals surface area (Å²) in [6, 6.07) is 0.0612. The molecule has 0 radical (unpaired) electrons. The van der Waals surface area contributed by atoms with Crippen LogP contribution in [0.25, 0.3) is 0 Å². The van der Waals surface area contributed by atoms with Crippen molar-refractivity contribution in [3.05, 3.63) is 0 Å². The number of likely N-dealkylation sites (tertiary alicyclic amines) is 1. The van der Waals surface area contributed by atoms with Crippen LogP contribution in [0.1, 0.15) is 53.9 Å². The lowest BCUT2D eigenvalue weighted by Gasteiger charge is -2.44. The highest BCUT2D eigenvalue weighted by Gasteiger charge is 2.39. The van der Waals surface area contributed by atoms with Crippen LogP contribution in [0.15, 0.2) is 0 Å². The molecule has 1 atom stereocenters. The van der Waals surface area contributed by atoms with Crippen molar-refractivity contribution in [2.45, 2.75) is 65.5 Å². The number of aliphatic hydroxyl groups is 1. The van der Waals surface area contributed by atoms with E-state index in [1.165, 1.54) is 0 Å². The molecule has 0 aliphatic carbocycles. The van der Waals surface area contributed by atoms with Crippen LogP contribution in [-0.4, -0.2) is 40.9 Å². The zero-order valence-corrected chi connectivity index (χ0v) is 12.3. The van der Waals surface area contributed by atoms with Crippen molar-refractivity contribution < 1.29 is 14.6 Å². The van der Waals surface area contributed by atoms with E-state index in [9.17, 15) is 9.90 Å². The average Bonchev–Trinajstić information content (AvgIpc) is 2.27. The molecule has 106 valence electrons. The van der Waals surface area contributed by atoms with Crippen molar-refractivity contribution in [1.82, 2.24) is 4.90 Å². The minimum Gasteiger partial charge on any atom is -0.444 e. The average molecular weight is 257 g/mol. The molecular formula is C14H27NO3. The van der Waals surface area contributed by atoms with Gasteiger partial charge in [0.05, 0.1) is 6.61 Å². The van der Waals surface area contributed by atoms with E-state index in [4.69, 9.17) is 4.74 Å². The van der Waals surface area contributed by atoms with Gasteiger partial charge in [-0.1, -0.05) is 13.8 Å². The molecule has 1 aliphatic heterocycles. The highest BCUT2D eigenvalue weighted by atomic mass is 16.6. The lowest BCUT2D eigenvalue weighted by atomic mass is 9.80. The predicted molar refractivity (Wildman–Crippen MR) is 71.4 cm³/mol. The fourth-order valence-corrected chi connectivity index (χ4v) is 2.39. The van der Waals surface area contributed by atoms with Crippen molar-refractivity contribution in [3.8, 4) is 0 Å². The van der Waals surface area contributed by atoms with Gasteiger partial charge in [0.15, 0.2) is 0 Å². The van der Waals surface area contributed by atoms with Gasteiger partial charge in [-0.05, 0) is 40.0 Å². The van der Waals surface area contributed by atoms with Gasteiger partial charge in [-0.2, -0.15) is 0 Å². The highest BCUT2D eigenvalue weighted by Crippen LogP contribution is 2.32. The number of hydrogen-bond donors (Lipinski definition) is 1. The van der Waals surface area contributed by atoms with Gasteiger partial charge >= 0.3 is 6.09 Å². The van der Waals surface area contributed by atoms with Gasteiger partial charge < -0.3 is 14.7 Å². The number of carbonyl (C=O) groups excluding carboxylic acids is 1. The molecule has 1 unspecified atom stereocenters. The Balaban J connectivity index is 2.80. The molecule has 4 nitrogen and oxygen atoms in total. The van der Waals surface area contributed by atoms with E-state index in [1.54, 1.807) is 4.90 Å². The van der Waals surface area contributed by atoms with Crippen LogP contribution < -0.4 is 0 Å². The summed E-state index contributed by atoms with van der Waals surface area (Å²) >= 11 is 0. The third kappa shape index (κ3) is 3.87. The first-order valence-corrected chi connectivity index (χ1v) is 6.78. The van der Waals surface area contributed by atoms with E-state index in [0.29, 0.717) is 0 Å². The Kier molecular flexibility index (Phi) is 4.65. The third-order valence-electron chi connectivity index (χ3n) is 3.44. The second-order valence-corrected chi connectivity index (χ2v) is 6.83. The predicted octanol–water partition coefficient (Wildman–Crippen LogP) is 2.79. The Labute approximate surface area is 110 Å². The number of nitrogens with zero attached hydrogens (tertiary/aromatic N) is 1. The molecule has 0 aromatic carbocycles. The largest absolute Gasteiger partial charge is 0.444 e. The van der Waals surface area contributed by atoms with Crippen LogP contribution >= 0.6 is 0 Å². The summed E-state index contributed by atoms with van der Waals surface area (Å²) in [5.74, 6) is 0.